The molecule has 0 fully saturated rings. The molecule has 1 amide bonds. The molecule has 1 aliphatic rings. The van der Waals surface area contributed by atoms with Crippen molar-refractivity contribution in [1.82, 2.24) is 20.1 Å². The first kappa shape index (κ1) is 15.2. The SMILES string of the molecule is CCc1nn(C)cc1C(=O)NCC1CCCc2sc(C)nc21. The van der Waals surface area contributed by atoms with Gasteiger partial charge in [0.25, 0.3) is 5.91 Å². The van der Waals surface area contributed by atoms with E-state index >= 15 is 0 Å². The number of hydrogen-bond donors (Lipinski definition) is 1. The third-order valence-corrected chi connectivity index (χ3v) is 5.22. The van der Waals surface area contributed by atoms with Crippen LogP contribution < -0.4 is 5.32 Å². The molecule has 22 heavy (non-hydrogen) atoms. The summed E-state index contributed by atoms with van der Waals surface area (Å²) in [5.41, 5.74) is 2.75. The summed E-state index contributed by atoms with van der Waals surface area (Å²) in [6.45, 7) is 4.74. The Morgan fingerprint density at radius 2 is 2.36 bits per heavy atom. The molecule has 0 spiro atoms. The first-order valence-electron chi connectivity index (χ1n) is 7.85. The van der Waals surface area contributed by atoms with E-state index in [1.165, 1.54) is 17.0 Å². The Morgan fingerprint density at radius 3 is 3.14 bits per heavy atom. The molecule has 1 atom stereocenters. The van der Waals surface area contributed by atoms with E-state index in [1.54, 1.807) is 22.2 Å². The lowest BCUT2D eigenvalue weighted by atomic mass is 9.91. The van der Waals surface area contributed by atoms with Crippen LogP contribution in [0.15, 0.2) is 6.20 Å². The number of nitrogens with zero attached hydrogens (tertiary/aromatic N) is 3. The molecule has 0 aliphatic heterocycles. The van der Waals surface area contributed by atoms with E-state index in [0.717, 1.165) is 30.0 Å². The lowest BCUT2D eigenvalue weighted by Crippen LogP contribution is -2.30. The summed E-state index contributed by atoms with van der Waals surface area (Å²) < 4.78 is 1.70. The van der Waals surface area contributed by atoms with Crippen LogP contribution in [0.2, 0.25) is 0 Å². The van der Waals surface area contributed by atoms with Gasteiger partial charge < -0.3 is 5.32 Å². The van der Waals surface area contributed by atoms with Gasteiger partial charge in [-0.2, -0.15) is 5.10 Å². The monoisotopic (exact) mass is 318 g/mol. The van der Waals surface area contributed by atoms with Crippen molar-refractivity contribution in [3.63, 3.8) is 0 Å². The van der Waals surface area contributed by atoms with Crippen molar-refractivity contribution < 1.29 is 4.79 Å². The van der Waals surface area contributed by atoms with Gasteiger partial charge in [0.2, 0.25) is 0 Å². The van der Waals surface area contributed by atoms with Gasteiger partial charge in [-0.1, -0.05) is 6.92 Å². The molecule has 0 radical (unpaired) electrons. The molecule has 1 aliphatic carbocycles. The van der Waals surface area contributed by atoms with Crippen molar-refractivity contribution in [2.24, 2.45) is 7.05 Å². The molecule has 1 unspecified atom stereocenters. The molecular formula is C16H22N4OS. The number of carbonyl (C=O) groups excluding carboxylic acids is 1. The van der Waals surface area contributed by atoms with E-state index < -0.39 is 0 Å². The second-order valence-electron chi connectivity index (χ2n) is 5.86. The highest BCUT2D eigenvalue weighted by molar-refractivity contribution is 7.11. The highest BCUT2D eigenvalue weighted by atomic mass is 32.1. The second kappa shape index (κ2) is 6.20. The van der Waals surface area contributed by atoms with Crippen LogP contribution in [0.3, 0.4) is 0 Å². The first-order chi connectivity index (χ1) is 10.6. The molecule has 1 N–H and O–H groups in total. The van der Waals surface area contributed by atoms with Crippen LogP contribution in [0.4, 0.5) is 0 Å². The lowest BCUT2D eigenvalue weighted by Gasteiger charge is -2.21. The molecule has 2 aromatic heterocycles. The molecule has 0 saturated carbocycles. The summed E-state index contributed by atoms with van der Waals surface area (Å²) in [5.74, 6) is 0.323. The number of hydrogen-bond acceptors (Lipinski definition) is 4. The fourth-order valence-electron chi connectivity index (χ4n) is 3.12. The summed E-state index contributed by atoms with van der Waals surface area (Å²) in [6.07, 6.45) is 5.98. The molecule has 118 valence electrons. The van der Waals surface area contributed by atoms with Crippen molar-refractivity contribution in [3.8, 4) is 0 Å². The molecule has 0 aromatic carbocycles. The van der Waals surface area contributed by atoms with E-state index in [1.807, 2.05) is 14.0 Å². The number of rotatable bonds is 4. The fourth-order valence-corrected chi connectivity index (χ4v) is 4.19. The third kappa shape index (κ3) is 2.92. The Balaban J connectivity index is 1.69. The molecule has 0 saturated heterocycles. The van der Waals surface area contributed by atoms with Crippen LogP contribution in [0.5, 0.6) is 0 Å². The maximum atomic E-state index is 12.4. The zero-order valence-corrected chi connectivity index (χ0v) is 14.2. The predicted octanol–water partition coefficient (Wildman–Crippen LogP) is 2.60. The summed E-state index contributed by atoms with van der Waals surface area (Å²) >= 11 is 1.80. The minimum absolute atomic E-state index is 0.0241. The minimum atomic E-state index is -0.0241. The van der Waals surface area contributed by atoms with Crippen LogP contribution in [-0.4, -0.2) is 27.2 Å². The van der Waals surface area contributed by atoms with E-state index in [-0.39, 0.29) is 5.91 Å². The van der Waals surface area contributed by atoms with Crippen LogP contribution in [0.25, 0.3) is 0 Å². The Morgan fingerprint density at radius 1 is 1.55 bits per heavy atom. The Bertz CT molecular complexity index is 688. The van der Waals surface area contributed by atoms with E-state index in [0.29, 0.717) is 18.0 Å². The average Bonchev–Trinajstić information content (AvgIpc) is 3.06. The number of aromatic nitrogens is 3. The quantitative estimate of drug-likeness (QED) is 0.942. The van der Waals surface area contributed by atoms with Crippen LogP contribution in [0, 0.1) is 6.92 Å². The molecule has 2 heterocycles. The van der Waals surface area contributed by atoms with Gasteiger partial charge in [0.05, 0.1) is 22.0 Å². The van der Waals surface area contributed by atoms with Crippen molar-refractivity contribution in [2.45, 2.75) is 45.4 Å². The minimum Gasteiger partial charge on any atom is -0.351 e. The van der Waals surface area contributed by atoms with E-state index in [2.05, 4.69) is 22.3 Å². The smallest absolute Gasteiger partial charge is 0.254 e. The molecule has 3 rings (SSSR count). The maximum Gasteiger partial charge on any atom is 0.254 e. The Kier molecular flexibility index (Phi) is 4.29. The summed E-state index contributed by atoms with van der Waals surface area (Å²) in [6, 6.07) is 0. The van der Waals surface area contributed by atoms with Crippen molar-refractivity contribution in [1.29, 1.82) is 0 Å². The molecule has 6 heteroatoms. The number of nitrogens with one attached hydrogen (secondary N) is 1. The largest absolute Gasteiger partial charge is 0.351 e. The van der Waals surface area contributed by atoms with Gasteiger partial charge in [-0.3, -0.25) is 9.48 Å². The molecule has 5 nitrogen and oxygen atoms in total. The summed E-state index contributed by atoms with van der Waals surface area (Å²) in [5, 5.41) is 8.54. The van der Waals surface area contributed by atoms with Gasteiger partial charge in [-0.05, 0) is 32.6 Å². The van der Waals surface area contributed by atoms with Gasteiger partial charge in [-0.15, -0.1) is 11.3 Å². The highest BCUT2D eigenvalue weighted by Gasteiger charge is 2.25. The standard InChI is InChI=1S/C16H22N4OS/c1-4-13-12(9-20(3)19-13)16(21)17-8-11-6-5-7-14-15(11)18-10(2)22-14/h9,11H,4-8H2,1-3H3,(H,17,21). The summed E-state index contributed by atoms with van der Waals surface area (Å²) in [7, 11) is 1.85. The van der Waals surface area contributed by atoms with Crippen LogP contribution in [0.1, 0.15) is 57.3 Å². The lowest BCUT2D eigenvalue weighted by molar-refractivity contribution is 0.0949. The first-order valence-corrected chi connectivity index (χ1v) is 8.67. The maximum absolute atomic E-state index is 12.4. The van der Waals surface area contributed by atoms with Gasteiger partial charge in [0, 0.05) is 30.6 Å². The van der Waals surface area contributed by atoms with E-state index in [9.17, 15) is 4.79 Å². The van der Waals surface area contributed by atoms with Crippen molar-refractivity contribution in [2.75, 3.05) is 6.54 Å². The molecular weight excluding hydrogens is 296 g/mol. The fraction of sp³-hybridized carbons (Fsp3) is 0.562. The molecule has 2 aromatic rings. The van der Waals surface area contributed by atoms with Gasteiger partial charge in [0.1, 0.15) is 0 Å². The normalized spacial score (nSPS) is 17.3. The number of fused-ring (bicyclic) bond motifs is 1. The Labute approximate surface area is 134 Å². The van der Waals surface area contributed by atoms with Crippen LogP contribution in [-0.2, 0) is 19.9 Å². The number of carbonyl (C=O) groups is 1. The highest BCUT2D eigenvalue weighted by Crippen LogP contribution is 2.34. The number of thiazole rings is 1. The number of amides is 1. The molecule has 0 bridgehead atoms. The van der Waals surface area contributed by atoms with Gasteiger partial charge >= 0.3 is 0 Å². The van der Waals surface area contributed by atoms with Crippen LogP contribution >= 0.6 is 11.3 Å². The average molecular weight is 318 g/mol. The third-order valence-electron chi connectivity index (χ3n) is 4.17. The predicted molar refractivity (Wildman–Crippen MR) is 87.4 cm³/mol. The van der Waals surface area contributed by atoms with Gasteiger partial charge in [-0.25, -0.2) is 4.98 Å². The van der Waals surface area contributed by atoms with E-state index in [4.69, 9.17) is 0 Å². The summed E-state index contributed by atoms with van der Waals surface area (Å²) in [4.78, 5) is 18.5. The zero-order chi connectivity index (χ0) is 15.7. The van der Waals surface area contributed by atoms with Crippen molar-refractivity contribution in [3.05, 3.63) is 33.0 Å². The topological polar surface area (TPSA) is 59.8 Å². The zero-order valence-electron chi connectivity index (χ0n) is 13.3. The van der Waals surface area contributed by atoms with Gasteiger partial charge in [0.15, 0.2) is 0 Å². The Hall–Kier alpha value is -1.69. The second-order valence-corrected chi connectivity index (χ2v) is 7.14. The number of aryl methyl sites for hydroxylation is 4. The van der Waals surface area contributed by atoms with Crippen molar-refractivity contribution >= 4 is 17.2 Å².